The molecule has 0 bridgehead atoms. The fraction of sp³-hybridized carbons (Fsp3) is 0. The van der Waals surface area contributed by atoms with Crippen molar-refractivity contribution in [2.75, 3.05) is 0 Å². The van der Waals surface area contributed by atoms with Crippen molar-refractivity contribution in [1.29, 1.82) is 0 Å². The molecule has 0 aliphatic carbocycles. The summed E-state index contributed by atoms with van der Waals surface area (Å²) >= 11 is 1.70. The van der Waals surface area contributed by atoms with Crippen LogP contribution < -0.4 is 4.74 Å². The molecular formula is C53H33N5OS. The Morgan fingerprint density at radius 3 is 1.38 bits per heavy atom. The van der Waals surface area contributed by atoms with Crippen molar-refractivity contribution in [3.05, 3.63) is 200 Å². The Morgan fingerprint density at radius 2 is 0.733 bits per heavy atom. The van der Waals surface area contributed by atoms with Gasteiger partial charge in [-0.1, -0.05) is 163 Å². The minimum atomic E-state index is 0.589. The maximum Gasteiger partial charge on any atom is 0.164 e. The highest BCUT2D eigenvalue weighted by molar-refractivity contribution is 7.99. The van der Waals surface area contributed by atoms with E-state index in [1.807, 2.05) is 91.0 Å². The van der Waals surface area contributed by atoms with Gasteiger partial charge in [-0.3, -0.25) is 0 Å². The number of hydrogen-bond donors (Lipinski definition) is 0. The number of benzene rings is 8. The Labute approximate surface area is 351 Å². The highest BCUT2D eigenvalue weighted by atomic mass is 32.2. The topological polar surface area (TPSA) is 73.7 Å². The van der Waals surface area contributed by atoms with Gasteiger partial charge in [0.25, 0.3) is 0 Å². The summed E-state index contributed by atoms with van der Waals surface area (Å²) in [7, 11) is 0. The lowest BCUT2D eigenvalue weighted by atomic mass is 9.99. The lowest BCUT2D eigenvalue weighted by molar-refractivity contribution is 0.455. The standard InChI is InChI=1S/C53H33N5OS/c1-4-14-34(15-5-1)44-33-45(55-50(54-44)35-16-6-2-7-17-35)41-24-12-22-37(28-41)38-23-13-25-42(29-38)52-56-51(36-18-8-3-9-19-36)57-53(58-52)43-26-27-46-48(32-43)60-49-31-40-21-11-10-20-39(40)30-47(49)59-46/h1-33H. The number of rotatable bonds is 7. The van der Waals surface area contributed by atoms with Gasteiger partial charge in [0.2, 0.25) is 0 Å². The molecule has 6 nitrogen and oxygen atoms in total. The molecule has 0 saturated heterocycles. The molecule has 0 atom stereocenters. The van der Waals surface area contributed by atoms with Crippen LogP contribution in [0.5, 0.6) is 11.5 Å². The van der Waals surface area contributed by atoms with Crippen LogP contribution in [0.1, 0.15) is 0 Å². The summed E-state index contributed by atoms with van der Waals surface area (Å²) in [5.41, 5.74) is 9.48. The molecule has 0 radical (unpaired) electrons. The summed E-state index contributed by atoms with van der Waals surface area (Å²) in [6, 6.07) is 68.2. The summed E-state index contributed by atoms with van der Waals surface area (Å²) < 4.78 is 6.43. The third kappa shape index (κ3) is 6.97. The zero-order valence-corrected chi connectivity index (χ0v) is 32.9. The minimum absolute atomic E-state index is 0.589. The van der Waals surface area contributed by atoms with E-state index in [1.165, 1.54) is 5.39 Å². The number of aromatic nitrogens is 5. The van der Waals surface area contributed by atoms with Crippen LogP contribution >= 0.6 is 11.8 Å². The molecule has 1 aliphatic heterocycles. The first kappa shape index (κ1) is 35.4. The quantitative estimate of drug-likeness (QED) is 0.159. The van der Waals surface area contributed by atoms with E-state index in [1.54, 1.807) is 11.8 Å². The van der Waals surface area contributed by atoms with Crippen LogP contribution in [0.2, 0.25) is 0 Å². The number of fused-ring (bicyclic) bond motifs is 3. The van der Waals surface area contributed by atoms with Gasteiger partial charge in [0.05, 0.1) is 21.2 Å². The summed E-state index contributed by atoms with van der Waals surface area (Å²) in [6.07, 6.45) is 0. The van der Waals surface area contributed by atoms with Crippen molar-refractivity contribution in [1.82, 2.24) is 24.9 Å². The predicted octanol–water partition coefficient (Wildman–Crippen LogP) is 13.7. The molecule has 11 rings (SSSR count). The fourth-order valence-corrected chi connectivity index (χ4v) is 8.54. The van der Waals surface area contributed by atoms with Gasteiger partial charge in [-0.2, -0.15) is 0 Å². The van der Waals surface area contributed by atoms with Crippen LogP contribution in [-0.4, -0.2) is 24.9 Å². The van der Waals surface area contributed by atoms with E-state index in [9.17, 15) is 0 Å². The average molecular weight is 788 g/mol. The fourth-order valence-electron chi connectivity index (χ4n) is 7.52. The smallest absolute Gasteiger partial charge is 0.164 e. The van der Waals surface area contributed by atoms with Crippen LogP contribution in [-0.2, 0) is 0 Å². The molecule has 1 aliphatic rings. The molecule has 0 saturated carbocycles. The van der Waals surface area contributed by atoms with Crippen LogP contribution in [0.15, 0.2) is 210 Å². The number of ether oxygens (including phenoxy) is 1. The predicted molar refractivity (Wildman–Crippen MR) is 242 cm³/mol. The third-order valence-electron chi connectivity index (χ3n) is 10.6. The molecule has 3 heterocycles. The molecule has 0 amide bonds. The van der Waals surface area contributed by atoms with E-state index in [4.69, 9.17) is 29.7 Å². The van der Waals surface area contributed by atoms with Gasteiger partial charge < -0.3 is 4.74 Å². The maximum atomic E-state index is 6.43. The molecule has 282 valence electrons. The van der Waals surface area contributed by atoms with Gasteiger partial charge in [0.1, 0.15) is 11.5 Å². The van der Waals surface area contributed by atoms with Crippen molar-refractivity contribution < 1.29 is 4.74 Å². The van der Waals surface area contributed by atoms with Crippen molar-refractivity contribution in [2.45, 2.75) is 9.79 Å². The summed E-state index contributed by atoms with van der Waals surface area (Å²) in [6.45, 7) is 0. The van der Waals surface area contributed by atoms with Crippen LogP contribution in [0.4, 0.5) is 0 Å². The average Bonchev–Trinajstić information content (AvgIpc) is 3.33. The first-order valence-electron chi connectivity index (χ1n) is 19.7. The van der Waals surface area contributed by atoms with Crippen molar-refractivity contribution in [3.63, 3.8) is 0 Å². The van der Waals surface area contributed by atoms with Crippen LogP contribution in [0.3, 0.4) is 0 Å². The second kappa shape index (κ2) is 15.2. The zero-order chi connectivity index (χ0) is 39.8. The van der Waals surface area contributed by atoms with Gasteiger partial charge in [-0.15, -0.1) is 0 Å². The van der Waals surface area contributed by atoms with Gasteiger partial charge in [-0.25, -0.2) is 24.9 Å². The highest BCUT2D eigenvalue weighted by Crippen LogP contribution is 2.49. The summed E-state index contributed by atoms with van der Waals surface area (Å²) in [5, 5.41) is 2.33. The van der Waals surface area contributed by atoms with Gasteiger partial charge in [-0.05, 0) is 70.4 Å². The van der Waals surface area contributed by atoms with Gasteiger partial charge in [0, 0.05) is 33.4 Å². The van der Waals surface area contributed by atoms with E-state index in [0.29, 0.717) is 23.3 Å². The largest absolute Gasteiger partial charge is 0.455 e. The normalized spacial score (nSPS) is 11.7. The molecule has 10 aromatic rings. The second-order valence-electron chi connectivity index (χ2n) is 14.5. The third-order valence-corrected chi connectivity index (χ3v) is 11.6. The van der Waals surface area contributed by atoms with Crippen molar-refractivity contribution in [2.24, 2.45) is 0 Å². The van der Waals surface area contributed by atoms with Crippen molar-refractivity contribution in [3.8, 4) is 90.7 Å². The molecule has 7 heteroatoms. The van der Waals surface area contributed by atoms with E-state index in [-0.39, 0.29) is 0 Å². The molecule has 0 N–H and O–H groups in total. The first-order chi connectivity index (χ1) is 29.7. The Kier molecular flexibility index (Phi) is 8.98. The first-order valence-corrected chi connectivity index (χ1v) is 20.5. The van der Waals surface area contributed by atoms with E-state index >= 15 is 0 Å². The van der Waals surface area contributed by atoms with Crippen LogP contribution in [0.25, 0.3) is 90.0 Å². The van der Waals surface area contributed by atoms with E-state index in [0.717, 1.165) is 82.6 Å². The molecular weight excluding hydrogens is 755 g/mol. The van der Waals surface area contributed by atoms with Crippen LogP contribution in [0, 0.1) is 0 Å². The van der Waals surface area contributed by atoms with E-state index in [2.05, 4.69) is 109 Å². The molecule has 8 aromatic carbocycles. The van der Waals surface area contributed by atoms with Crippen molar-refractivity contribution >= 4 is 22.5 Å². The molecule has 2 aromatic heterocycles. The Morgan fingerprint density at radius 1 is 0.283 bits per heavy atom. The lowest BCUT2D eigenvalue weighted by Crippen LogP contribution is -2.01. The molecule has 0 fully saturated rings. The van der Waals surface area contributed by atoms with Gasteiger partial charge in [0.15, 0.2) is 23.3 Å². The second-order valence-corrected chi connectivity index (χ2v) is 15.6. The number of hydrogen-bond acceptors (Lipinski definition) is 7. The van der Waals surface area contributed by atoms with Gasteiger partial charge >= 0.3 is 0 Å². The molecule has 60 heavy (non-hydrogen) atoms. The number of nitrogens with zero attached hydrogens (tertiary/aromatic N) is 5. The highest BCUT2D eigenvalue weighted by Gasteiger charge is 2.21. The maximum absolute atomic E-state index is 6.43. The lowest BCUT2D eigenvalue weighted by Gasteiger charge is -2.21. The molecule has 0 unspecified atom stereocenters. The Balaban J connectivity index is 0.968. The van der Waals surface area contributed by atoms with E-state index < -0.39 is 0 Å². The Hall–Kier alpha value is -7.74. The minimum Gasteiger partial charge on any atom is -0.455 e. The SMILES string of the molecule is c1ccc(-c2cc(-c3cccc(-c4cccc(-c5nc(-c6ccccc6)nc(-c6ccc7c(c6)Sc6cc8ccccc8cc6O7)n5)c4)c3)nc(-c3ccccc3)n2)cc1. The summed E-state index contributed by atoms with van der Waals surface area (Å²) in [5.74, 6) is 4.14. The monoisotopic (exact) mass is 787 g/mol. The summed E-state index contributed by atoms with van der Waals surface area (Å²) in [4.78, 5) is 27.4. The zero-order valence-electron chi connectivity index (χ0n) is 32.1. The Bertz CT molecular complexity index is 3160. The molecule has 0 spiro atoms.